The van der Waals surface area contributed by atoms with Crippen LogP contribution in [-0.4, -0.2) is 44.9 Å². The monoisotopic (exact) mass is 333 g/mol. The number of hydrogen-bond acceptors (Lipinski definition) is 4. The van der Waals surface area contributed by atoms with Crippen molar-refractivity contribution in [1.82, 2.24) is 15.1 Å². The molecule has 0 aliphatic heterocycles. The summed E-state index contributed by atoms with van der Waals surface area (Å²) in [6.45, 7) is 5.84. The van der Waals surface area contributed by atoms with E-state index in [1.54, 1.807) is 17.7 Å². The number of rotatable bonds is 6. The molecule has 1 amide bonds. The highest BCUT2D eigenvalue weighted by atomic mass is 32.2. The van der Waals surface area contributed by atoms with Gasteiger partial charge in [-0.25, -0.2) is 4.68 Å². The van der Waals surface area contributed by atoms with E-state index < -0.39 is 5.60 Å². The Labute approximate surface area is 141 Å². The Morgan fingerprint density at radius 1 is 1.35 bits per heavy atom. The maximum absolute atomic E-state index is 12.2. The second-order valence-corrected chi connectivity index (χ2v) is 6.90. The van der Waals surface area contributed by atoms with Crippen molar-refractivity contribution in [2.45, 2.75) is 26.4 Å². The number of thioether (sulfide) groups is 1. The number of aromatic nitrogens is 2. The van der Waals surface area contributed by atoms with Gasteiger partial charge in [-0.05, 0) is 45.2 Å². The van der Waals surface area contributed by atoms with E-state index in [2.05, 4.69) is 10.4 Å². The van der Waals surface area contributed by atoms with Crippen LogP contribution in [0.25, 0.3) is 5.69 Å². The molecule has 0 aliphatic carbocycles. The van der Waals surface area contributed by atoms with E-state index in [4.69, 9.17) is 0 Å². The first-order valence-electron chi connectivity index (χ1n) is 7.45. The molecule has 2 N–H and O–H groups in total. The standard InChI is InChI=1S/C17H23N3O2S/c1-12-5-7-14(8-6-12)20-13(2)9-15(19-20)16(21)18-10-17(3,22)11-23-4/h5-9,22H,10-11H2,1-4H3,(H,18,21). The smallest absolute Gasteiger partial charge is 0.271 e. The molecular weight excluding hydrogens is 310 g/mol. The van der Waals surface area contributed by atoms with E-state index in [0.29, 0.717) is 11.4 Å². The first-order valence-corrected chi connectivity index (χ1v) is 8.85. The molecule has 0 radical (unpaired) electrons. The SMILES string of the molecule is CSCC(C)(O)CNC(=O)c1cc(C)n(-c2ccc(C)cc2)n1. The average molecular weight is 333 g/mol. The number of aryl methyl sites for hydroxylation is 2. The Hall–Kier alpha value is -1.79. The highest BCUT2D eigenvalue weighted by molar-refractivity contribution is 7.98. The minimum atomic E-state index is -0.927. The van der Waals surface area contributed by atoms with Crippen molar-refractivity contribution in [3.8, 4) is 5.69 Å². The van der Waals surface area contributed by atoms with Gasteiger partial charge in [0, 0.05) is 18.0 Å². The summed E-state index contributed by atoms with van der Waals surface area (Å²) < 4.78 is 1.74. The van der Waals surface area contributed by atoms with Gasteiger partial charge in [0.25, 0.3) is 5.91 Å². The van der Waals surface area contributed by atoms with Gasteiger partial charge < -0.3 is 10.4 Å². The molecule has 1 aromatic heterocycles. The number of carbonyl (C=O) groups is 1. The molecule has 0 bridgehead atoms. The van der Waals surface area contributed by atoms with Crippen molar-refractivity contribution in [2.24, 2.45) is 0 Å². The normalized spacial score (nSPS) is 13.6. The zero-order chi connectivity index (χ0) is 17.0. The lowest BCUT2D eigenvalue weighted by molar-refractivity contribution is 0.0722. The second-order valence-electron chi connectivity index (χ2n) is 6.03. The summed E-state index contributed by atoms with van der Waals surface area (Å²) in [6, 6.07) is 9.71. The van der Waals surface area contributed by atoms with E-state index in [1.807, 2.05) is 44.4 Å². The van der Waals surface area contributed by atoms with E-state index >= 15 is 0 Å². The van der Waals surface area contributed by atoms with Crippen LogP contribution in [0.1, 0.15) is 28.7 Å². The Kier molecular flexibility index (Phi) is 5.49. The summed E-state index contributed by atoms with van der Waals surface area (Å²) in [4.78, 5) is 12.2. The van der Waals surface area contributed by atoms with Crippen molar-refractivity contribution in [3.05, 3.63) is 47.3 Å². The molecule has 1 aromatic carbocycles. The Balaban J connectivity index is 2.11. The Bertz CT molecular complexity index is 678. The zero-order valence-electron chi connectivity index (χ0n) is 14.0. The molecule has 1 unspecified atom stereocenters. The van der Waals surface area contributed by atoms with Crippen LogP contribution < -0.4 is 5.32 Å². The summed E-state index contributed by atoms with van der Waals surface area (Å²) in [6.07, 6.45) is 1.92. The number of aliphatic hydroxyl groups is 1. The van der Waals surface area contributed by atoms with Crippen LogP contribution in [-0.2, 0) is 0 Å². The van der Waals surface area contributed by atoms with Crippen LogP contribution in [0.2, 0.25) is 0 Å². The molecule has 1 heterocycles. The number of carbonyl (C=O) groups excluding carboxylic acids is 1. The molecule has 5 nitrogen and oxygen atoms in total. The molecule has 1 atom stereocenters. The van der Waals surface area contributed by atoms with Gasteiger partial charge in [0.1, 0.15) is 0 Å². The van der Waals surface area contributed by atoms with Crippen molar-refractivity contribution in [2.75, 3.05) is 18.6 Å². The van der Waals surface area contributed by atoms with Gasteiger partial charge in [-0.15, -0.1) is 0 Å². The summed E-state index contributed by atoms with van der Waals surface area (Å²) in [7, 11) is 0. The van der Waals surface area contributed by atoms with Crippen LogP contribution in [0, 0.1) is 13.8 Å². The molecule has 0 spiro atoms. The average Bonchev–Trinajstić information content (AvgIpc) is 2.88. The van der Waals surface area contributed by atoms with Crippen LogP contribution in [0.3, 0.4) is 0 Å². The predicted octanol–water partition coefficient (Wildman–Crippen LogP) is 2.33. The topological polar surface area (TPSA) is 67.2 Å². The number of nitrogens with zero attached hydrogens (tertiary/aromatic N) is 2. The largest absolute Gasteiger partial charge is 0.387 e. The van der Waals surface area contributed by atoms with Crippen LogP contribution >= 0.6 is 11.8 Å². The molecular formula is C17H23N3O2S. The van der Waals surface area contributed by atoms with Gasteiger partial charge in [-0.2, -0.15) is 16.9 Å². The number of hydrogen-bond donors (Lipinski definition) is 2. The Morgan fingerprint density at radius 2 is 2.00 bits per heavy atom. The van der Waals surface area contributed by atoms with E-state index in [9.17, 15) is 9.90 Å². The van der Waals surface area contributed by atoms with Crippen molar-refractivity contribution in [1.29, 1.82) is 0 Å². The summed E-state index contributed by atoms with van der Waals surface area (Å²) in [5.74, 6) is 0.282. The minimum Gasteiger partial charge on any atom is -0.387 e. The fourth-order valence-electron chi connectivity index (χ4n) is 2.26. The van der Waals surface area contributed by atoms with Crippen LogP contribution in [0.4, 0.5) is 0 Å². The maximum Gasteiger partial charge on any atom is 0.271 e. The summed E-state index contributed by atoms with van der Waals surface area (Å²) in [5.41, 5.74) is 2.40. The fourth-order valence-corrected chi connectivity index (χ4v) is 2.98. The lowest BCUT2D eigenvalue weighted by Crippen LogP contribution is -2.42. The maximum atomic E-state index is 12.2. The third kappa shape index (κ3) is 4.59. The third-order valence-electron chi connectivity index (χ3n) is 3.48. The molecule has 6 heteroatoms. The van der Waals surface area contributed by atoms with Crippen molar-refractivity contribution >= 4 is 17.7 Å². The number of benzene rings is 1. The molecule has 124 valence electrons. The van der Waals surface area contributed by atoms with Gasteiger partial charge >= 0.3 is 0 Å². The molecule has 0 saturated heterocycles. The van der Waals surface area contributed by atoms with Crippen LogP contribution in [0.5, 0.6) is 0 Å². The minimum absolute atomic E-state index is 0.198. The quantitative estimate of drug-likeness (QED) is 0.851. The lowest BCUT2D eigenvalue weighted by Gasteiger charge is -2.22. The van der Waals surface area contributed by atoms with E-state index in [0.717, 1.165) is 11.4 Å². The first kappa shape index (κ1) is 17.6. The molecule has 2 aromatic rings. The summed E-state index contributed by atoms with van der Waals surface area (Å²) in [5, 5.41) is 17.2. The number of amides is 1. The van der Waals surface area contributed by atoms with Crippen molar-refractivity contribution < 1.29 is 9.90 Å². The first-order chi connectivity index (χ1) is 10.8. The van der Waals surface area contributed by atoms with E-state index in [-0.39, 0.29) is 12.5 Å². The Morgan fingerprint density at radius 3 is 2.61 bits per heavy atom. The van der Waals surface area contributed by atoms with Gasteiger partial charge in [-0.1, -0.05) is 17.7 Å². The van der Waals surface area contributed by atoms with Gasteiger partial charge in [0.2, 0.25) is 0 Å². The third-order valence-corrected chi connectivity index (χ3v) is 4.39. The highest BCUT2D eigenvalue weighted by Crippen LogP contribution is 2.14. The highest BCUT2D eigenvalue weighted by Gasteiger charge is 2.22. The lowest BCUT2D eigenvalue weighted by atomic mass is 10.1. The molecule has 0 fully saturated rings. The molecule has 2 rings (SSSR count). The molecule has 0 aliphatic rings. The van der Waals surface area contributed by atoms with Gasteiger partial charge in [-0.3, -0.25) is 4.79 Å². The number of nitrogens with one attached hydrogen (secondary N) is 1. The van der Waals surface area contributed by atoms with Gasteiger partial charge in [0.05, 0.1) is 11.3 Å². The van der Waals surface area contributed by atoms with Gasteiger partial charge in [0.15, 0.2) is 5.69 Å². The van der Waals surface area contributed by atoms with Crippen LogP contribution in [0.15, 0.2) is 30.3 Å². The van der Waals surface area contributed by atoms with E-state index in [1.165, 1.54) is 17.3 Å². The molecule has 0 saturated carbocycles. The summed E-state index contributed by atoms with van der Waals surface area (Å²) >= 11 is 1.54. The van der Waals surface area contributed by atoms with Crippen molar-refractivity contribution in [3.63, 3.8) is 0 Å². The molecule has 23 heavy (non-hydrogen) atoms. The predicted molar refractivity (Wildman–Crippen MR) is 94.4 cm³/mol. The zero-order valence-corrected chi connectivity index (χ0v) is 14.8. The fraction of sp³-hybridized carbons (Fsp3) is 0.412. The second kappa shape index (κ2) is 7.19.